The summed E-state index contributed by atoms with van der Waals surface area (Å²) >= 11 is 6.05. The van der Waals surface area contributed by atoms with Crippen molar-refractivity contribution in [3.05, 3.63) is 33.7 Å². The van der Waals surface area contributed by atoms with Crippen LogP contribution in [-0.2, 0) is 19.3 Å². The normalized spacial score (nSPS) is 17.3. The Morgan fingerprint density at radius 2 is 2.39 bits per heavy atom. The van der Waals surface area contributed by atoms with Crippen LogP contribution in [0.15, 0.2) is 6.07 Å². The van der Waals surface area contributed by atoms with Crippen LogP contribution < -0.4 is 5.73 Å². The van der Waals surface area contributed by atoms with Crippen molar-refractivity contribution in [2.75, 3.05) is 12.3 Å². The third kappa shape index (κ3) is 2.77. The van der Waals surface area contributed by atoms with Gasteiger partial charge in [-0.15, -0.1) is 0 Å². The molecule has 0 amide bonds. The number of aliphatic hydroxyl groups excluding tert-OH is 1. The fraction of sp³-hybridized carbons (Fsp3) is 0.500. The van der Waals surface area contributed by atoms with E-state index in [-0.39, 0.29) is 18.4 Å². The minimum atomic E-state index is -0.281. The van der Waals surface area contributed by atoms with Crippen molar-refractivity contribution in [2.45, 2.75) is 44.9 Å². The molecule has 0 fully saturated rings. The van der Waals surface area contributed by atoms with Crippen molar-refractivity contribution in [3.8, 4) is 0 Å². The van der Waals surface area contributed by atoms with Gasteiger partial charge >= 0.3 is 0 Å². The van der Waals surface area contributed by atoms with Crippen LogP contribution in [0.1, 0.15) is 53.0 Å². The Bertz CT molecular complexity index is 735. The molecule has 7 heteroatoms. The molecular weight excluding hydrogens is 316 g/mol. The Hall–Kier alpha value is -1.79. The number of rotatable bonds is 4. The molecule has 2 aromatic rings. The number of aryl methyl sites for hydroxylation is 1. The second-order valence-electron chi connectivity index (χ2n) is 5.88. The van der Waals surface area contributed by atoms with Crippen molar-refractivity contribution in [3.63, 3.8) is 0 Å². The topological polar surface area (TPSA) is 96.9 Å². The summed E-state index contributed by atoms with van der Waals surface area (Å²) in [6.45, 7) is 1.95. The molecule has 23 heavy (non-hydrogen) atoms. The Morgan fingerprint density at radius 3 is 3.09 bits per heavy atom. The minimum absolute atomic E-state index is 0.0152. The van der Waals surface area contributed by atoms with E-state index in [1.807, 2.05) is 13.0 Å². The largest absolute Gasteiger partial charge is 0.396 e. The number of hydrogen-bond donors (Lipinski definition) is 3. The van der Waals surface area contributed by atoms with Gasteiger partial charge in [0.15, 0.2) is 0 Å². The fourth-order valence-corrected chi connectivity index (χ4v) is 3.64. The number of fused-ring (bicyclic) bond motifs is 1. The molecule has 0 aliphatic heterocycles. The zero-order valence-corrected chi connectivity index (χ0v) is 13.9. The molecule has 0 saturated heterocycles. The lowest BCUT2D eigenvalue weighted by atomic mass is 9.86. The number of nitrogens with one attached hydrogen (secondary N) is 1. The number of aromatic amines is 1. The lowest BCUT2D eigenvalue weighted by Gasteiger charge is -2.21. The first kappa shape index (κ1) is 16.1. The summed E-state index contributed by atoms with van der Waals surface area (Å²) in [4.78, 5) is 16.1. The second kappa shape index (κ2) is 6.37. The third-order valence-corrected chi connectivity index (χ3v) is 4.72. The standard InChI is InChI=1S/C16H21ClN4O2/c1-2-9-13(6-7-22)20-21(15(9)18)16(23)10-4-3-5-12-11(10)8-14(17)19-12/h8,10,19,22H,2-7,18H2,1H3. The number of nitrogen functional groups attached to an aromatic ring is 1. The summed E-state index contributed by atoms with van der Waals surface area (Å²) in [6, 6.07) is 1.83. The van der Waals surface area contributed by atoms with E-state index in [1.54, 1.807) is 0 Å². The van der Waals surface area contributed by atoms with E-state index in [0.29, 0.717) is 29.5 Å². The summed E-state index contributed by atoms with van der Waals surface area (Å²) < 4.78 is 1.31. The van der Waals surface area contributed by atoms with Crippen LogP contribution in [0, 0.1) is 0 Å². The molecule has 1 unspecified atom stereocenters. The molecule has 0 spiro atoms. The van der Waals surface area contributed by atoms with Crippen LogP contribution in [0.3, 0.4) is 0 Å². The highest BCUT2D eigenvalue weighted by atomic mass is 35.5. The molecule has 0 radical (unpaired) electrons. The van der Waals surface area contributed by atoms with E-state index in [2.05, 4.69) is 10.1 Å². The highest BCUT2D eigenvalue weighted by Gasteiger charge is 2.31. The van der Waals surface area contributed by atoms with Gasteiger partial charge < -0.3 is 15.8 Å². The first-order valence-corrected chi connectivity index (χ1v) is 8.33. The molecule has 2 heterocycles. The number of H-pyrrole nitrogens is 1. The van der Waals surface area contributed by atoms with Crippen molar-refractivity contribution >= 4 is 23.3 Å². The zero-order valence-electron chi connectivity index (χ0n) is 13.1. The van der Waals surface area contributed by atoms with Gasteiger partial charge in [0, 0.05) is 24.3 Å². The molecule has 0 bridgehead atoms. The molecular formula is C16H21ClN4O2. The maximum Gasteiger partial charge on any atom is 0.256 e. The molecule has 4 N–H and O–H groups in total. The van der Waals surface area contributed by atoms with Crippen molar-refractivity contribution < 1.29 is 9.90 Å². The number of halogens is 1. The number of aromatic nitrogens is 3. The minimum Gasteiger partial charge on any atom is -0.396 e. The van der Waals surface area contributed by atoms with Gasteiger partial charge in [-0.05, 0) is 37.3 Å². The Balaban J connectivity index is 1.98. The molecule has 124 valence electrons. The summed E-state index contributed by atoms with van der Waals surface area (Å²) in [7, 11) is 0. The summed E-state index contributed by atoms with van der Waals surface area (Å²) in [5.41, 5.74) is 9.65. The predicted molar refractivity (Wildman–Crippen MR) is 88.9 cm³/mol. The molecule has 2 aromatic heterocycles. The second-order valence-corrected chi connectivity index (χ2v) is 6.29. The Kier molecular flexibility index (Phi) is 4.46. The lowest BCUT2D eigenvalue weighted by molar-refractivity contribution is 0.0854. The van der Waals surface area contributed by atoms with E-state index in [4.69, 9.17) is 22.4 Å². The van der Waals surface area contributed by atoms with Gasteiger partial charge in [0.1, 0.15) is 11.0 Å². The van der Waals surface area contributed by atoms with E-state index in [0.717, 1.165) is 36.1 Å². The maximum atomic E-state index is 13.0. The van der Waals surface area contributed by atoms with Crippen LogP contribution >= 0.6 is 11.6 Å². The van der Waals surface area contributed by atoms with Crippen molar-refractivity contribution in [1.82, 2.24) is 14.8 Å². The smallest absolute Gasteiger partial charge is 0.256 e. The van der Waals surface area contributed by atoms with E-state index in [1.165, 1.54) is 4.68 Å². The monoisotopic (exact) mass is 336 g/mol. The predicted octanol–water partition coefficient (Wildman–Crippen LogP) is 2.30. The average Bonchev–Trinajstić information content (AvgIpc) is 3.05. The Morgan fingerprint density at radius 1 is 1.61 bits per heavy atom. The van der Waals surface area contributed by atoms with Crippen LogP contribution in [0.2, 0.25) is 5.15 Å². The van der Waals surface area contributed by atoms with Crippen LogP contribution in [-0.4, -0.2) is 32.4 Å². The molecule has 0 aromatic carbocycles. The summed E-state index contributed by atoms with van der Waals surface area (Å²) in [6.07, 6.45) is 3.66. The zero-order chi connectivity index (χ0) is 16.6. The molecule has 0 saturated carbocycles. The first-order valence-electron chi connectivity index (χ1n) is 7.95. The number of anilines is 1. The van der Waals surface area contributed by atoms with Gasteiger partial charge in [-0.2, -0.15) is 9.78 Å². The summed E-state index contributed by atoms with van der Waals surface area (Å²) in [5, 5.41) is 14.1. The molecule has 3 rings (SSSR count). The van der Waals surface area contributed by atoms with E-state index < -0.39 is 0 Å². The molecule has 6 nitrogen and oxygen atoms in total. The van der Waals surface area contributed by atoms with Crippen LogP contribution in [0.5, 0.6) is 0 Å². The van der Waals surface area contributed by atoms with E-state index in [9.17, 15) is 4.79 Å². The summed E-state index contributed by atoms with van der Waals surface area (Å²) in [5.74, 6) is -0.0240. The van der Waals surface area contributed by atoms with Crippen molar-refractivity contribution in [1.29, 1.82) is 0 Å². The number of nitrogens with zero attached hydrogens (tertiary/aromatic N) is 2. The molecule has 1 aliphatic carbocycles. The molecule has 1 atom stereocenters. The first-order chi connectivity index (χ1) is 11.1. The number of hydrogen-bond acceptors (Lipinski definition) is 4. The van der Waals surface area contributed by atoms with E-state index >= 15 is 0 Å². The number of aliphatic hydroxyl groups is 1. The SMILES string of the molecule is CCc1c(CCO)nn(C(=O)C2CCCc3[nH]c(Cl)cc32)c1N. The number of nitrogens with two attached hydrogens (primary N) is 1. The average molecular weight is 337 g/mol. The highest BCUT2D eigenvalue weighted by Crippen LogP contribution is 2.35. The quantitative estimate of drug-likeness (QED) is 0.798. The van der Waals surface area contributed by atoms with Gasteiger partial charge in [0.2, 0.25) is 0 Å². The molecule has 1 aliphatic rings. The van der Waals surface area contributed by atoms with Gasteiger partial charge in [-0.3, -0.25) is 4.79 Å². The van der Waals surface area contributed by atoms with Gasteiger partial charge in [-0.1, -0.05) is 18.5 Å². The van der Waals surface area contributed by atoms with Gasteiger partial charge in [0.25, 0.3) is 5.91 Å². The number of carbonyl (C=O) groups is 1. The van der Waals surface area contributed by atoms with Crippen LogP contribution in [0.4, 0.5) is 5.82 Å². The number of carbonyl (C=O) groups excluding carboxylic acids is 1. The third-order valence-electron chi connectivity index (χ3n) is 4.51. The van der Waals surface area contributed by atoms with Crippen LogP contribution in [0.25, 0.3) is 0 Å². The van der Waals surface area contributed by atoms with Gasteiger partial charge in [-0.25, -0.2) is 0 Å². The fourth-order valence-electron chi connectivity index (χ4n) is 3.41. The maximum absolute atomic E-state index is 13.0. The van der Waals surface area contributed by atoms with Gasteiger partial charge in [0.05, 0.1) is 11.6 Å². The lowest BCUT2D eigenvalue weighted by Crippen LogP contribution is -2.25. The highest BCUT2D eigenvalue weighted by molar-refractivity contribution is 6.29. The van der Waals surface area contributed by atoms with Crippen molar-refractivity contribution in [2.24, 2.45) is 0 Å². The Labute approximate surface area is 139 Å².